The molecule has 1 saturated heterocycles. The maximum absolute atomic E-state index is 10.9. The first-order chi connectivity index (χ1) is 16.8. The topological polar surface area (TPSA) is 41.5 Å². The van der Waals surface area contributed by atoms with E-state index in [0.717, 1.165) is 43.2 Å². The fourth-order valence-electron chi connectivity index (χ4n) is 11.4. The Balaban J connectivity index is 1.05. The van der Waals surface area contributed by atoms with E-state index in [1.54, 1.807) is 0 Å². The van der Waals surface area contributed by atoms with Crippen molar-refractivity contribution in [2.45, 2.75) is 110 Å². The lowest BCUT2D eigenvalue weighted by Crippen LogP contribution is -2.54. The van der Waals surface area contributed by atoms with Crippen LogP contribution in [0.5, 0.6) is 0 Å². The van der Waals surface area contributed by atoms with Crippen LogP contribution in [0, 0.1) is 45.3 Å². The van der Waals surface area contributed by atoms with Crippen molar-refractivity contribution in [3.8, 4) is 0 Å². The molecule has 1 heterocycles. The molecule has 2 N–H and O–H groups in total. The van der Waals surface area contributed by atoms with Gasteiger partial charge in [-0.25, -0.2) is 0 Å². The van der Waals surface area contributed by atoms with Crippen LogP contribution in [0.15, 0.2) is 30.3 Å². The molecule has 0 radical (unpaired) electrons. The van der Waals surface area contributed by atoms with Gasteiger partial charge in [-0.1, -0.05) is 51.1 Å². The summed E-state index contributed by atoms with van der Waals surface area (Å²) in [6.07, 6.45) is 14.1. The monoisotopic (exact) mass is 477 g/mol. The highest BCUT2D eigenvalue weighted by Crippen LogP contribution is 2.87. The molecular formula is C32H47NO2. The zero-order chi connectivity index (χ0) is 24.1. The van der Waals surface area contributed by atoms with Crippen molar-refractivity contribution in [2.24, 2.45) is 45.3 Å². The zero-order valence-corrected chi connectivity index (χ0v) is 22.3. The van der Waals surface area contributed by atoms with Crippen LogP contribution in [0.3, 0.4) is 0 Å². The molecule has 1 aromatic rings. The van der Waals surface area contributed by atoms with E-state index in [-0.39, 0.29) is 11.5 Å². The number of hydrogen-bond acceptors (Lipinski definition) is 3. The molecule has 1 aliphatic heterocycles. The number of nitrogens with one attached hydrogen (secondary N) is 1. The Morgan fingerprint density at radius 1 is 0.886 bits per heavy atom. The summed E-state index contributed by atoms with van der Waals surface area (Å²) in [4.78, 5) is 0. The van der Waals surface area contributed by atoms with E-state index in [0.29, 0.717) is 28.5 Å². The van der Waals surface area contributed by atoms with Gasteiger partial charge in [0.25, 0.3) is 0 Å². The average Bonchev–Trinajstić information content (AvgIpc) is 3.43. The van der Waals surface area contributed by atoms with E-state index in [1.165, 1.54) is 63.4 Å². The van der Waals surface area contributed by atoms with Crippen LogP contribution in [0.25, 0.3) is 0 Å². The second-order valence-corrected chi connectivity index (χ2v) is 14.5. The van der Waals surface area contributed by atoms with Crippen molar-refractivity contribution in [3.63, 3.8) is 0 Å². The van der Waals surface area contributed by atoms with Crippen molar-refractivity contribution >= 4 is 0 Å². The van der Waals surface area contributed by atoms with Gasteiger partial charge in [0.1, 0.15) is 0 Å². The molecule has 192 valence electrons. The van der Waals surface area contributed by atoms with E-state index in [4.69, 9.17) is 4.74 Å². The molecule has 1 aromatic carbocycles. The Hall–Kier alpha value is -0.900. The number of ether oxygens (including phenoxy) is 1. The highest BCUT2D eigenvalue weighted by atomic mass is 16.5. The van der Waals surface area contributed by atoms with Crippen molar-refractivity contribution in [3.05, 3.63) is 35.9 Å². The Morgan fingerprint density at radius 2 is 1.69 bits per heavy atom. The summed E-state index contributed by atoms with van der Waals surface area (Å²) in [6.45, 7) is 9.35. The number of aliphatic hydroxyl groups excluding tert-OH is 1. The third-order valence-electron chi connectivity index (χ3n) is 13.2. The van der Waals surface area contributed by atoms with Crippen LogP contribution in [-0.2, 0) is 11.3 Å². The molecule has 0 aromatic heterocycles. The predicted molar refractivity (Wildman–Crippen MR) is 140 cm³/mol. The minimum Gasteiger partial charge on any atom is -0.393 e. The Kier molecular flexibility index (Phi) is 5.18. The van der Waals surface area contributed by atoms with Crippen molar-refractivity contribution in [2.75, 3.05) is 6.54 Å². The third kappa shape index (κ3) is 3.13. The molecule has 6 aliphatic rings. The number of fused-ring (bicyclic) bond motifs is 4. The highest BCUT2D eigenvalue weighted by molar-refractivity contribution is 5.29. The maximum Gasteiger partial charge on any atom is 0.0703 e. The maximum atomic E-state index is 10.9. The summed E-state index contributed by atoms with van der Waals surface area (Å²) in [7, 11) is 0. The van der Waals surface area contributed by atoms with E-state index in [1.807, 2.05) is 0 Å². The van der Waals surface area contributed by atoms with E-state index >= 15 is 0 Å². The Morgan fingerprint density at radius 3 is 2.51 bits per heavy atom. The second-order valence-electron chi connectivity index (χ2n) is 14.5. The number of hydrogen-bond donors (Lipinski definition) is 2. The van der Waals surface area contributed by atoms with Crippen LogP contribution < -0.4 is 5.32 Å². The molecule has 6 fully saturated rings. The normalized spacial score (nSPS) is 51.4. The lowest BCUT2D eigenvalue weighted by atomic mass is 9.46. The van der Waals surface area contributed by atoms with Gasteiger partial charge in [-0.15, -0.1) is 0 Å². The molecule has 3 heteroatoms. The van der Waals surface area contributed by atoms with Crippen molar-refractivity contribution in [1.29, 1.82) is 0 Å². The lowest BCUT2D eigenvalue weighted by molar-refractivity contribution is -0.135. The summed E-state index contributed by atoms with van der Waals surface area (Å²) >= 11 is 0. The van der Waals surface area contributed by atoms with Crippen LogP contribution >= 0.6 is 0 Å². The Bertz CT molecular complexity index is 962. The highest BCUT2D eigenvalue weighted by Gasteiger charge is 2.80. The van der Waals surface area contributed by atoms with Crippen LogP contribution in [0.1, 0.15) is 90.5 Å². The van der Waals surface area contributed by atoms with Gasteiger partial charge in [0.15, 0.2) is 0 Å². The Labute approximate surface area is 212 Å². The molecule has 3 nitrogen and oxygen atoms in total. The number of rotatable bonds is 4. The summed E-state index contributed by atoms with van der Waals surface area (Å²) in [5.74, 6) is 3.27. The molecule has 0 amide bonds. The van der Waals surface area contributed by atoms with Crippen molar-refractivity contribution in [1.82, 2.24) is 5.32 Å². The van der Waals surface area contributed by atoms with Crippen LogP contribution in [-0.4, -0.2) is 30.0 Å². The molecule has 5 saturated carbocycles. The largest absolute Gasteiger partial charge is 0.393 e. The van der Waals surface area contributed by atoms with Gasteiger partial charge in [0.05, 0.1) is 18.3 Å². The van der Waals surface area contributed by atoms with E-state index in [9.17, 15) is 5.11 Å². The first-order valence-electron chi connectivity index (χ1n) is 14.9. The number of aliphatic hydroxyl groups is 1. The number of benzene rings is 1. The van der Waals surface area contributed by atoms with Gasteiger partial charge >= 0.3 is 0 Å². The quantitative estimate of drug-likeness (QED) is 0.531. The van der Waals surface area contributed by atoms with Gasteiger partial charge in [0, 0.05) is 13.1 Å². The first-order valence-corrected chi connectivity index (χ1v) is 14.9. The van der Waals surface area contributed by atoms with Gasteiger partial charge in [-0.2, -0.15) is 0 Å². The van der Waals surface area contributed by atoms with Gasteiger partial charge in [0.2, 0.25) is 0 Å². The molecule has 10 atom stereocenters. The van der Waals surface area contributed by atoms with Gasteiger partial charge < -0.3 is 15.2 Å². The summed E-state index contributed by atoms with van der Waals surface area (Å²) < 4.78 is 6.89. The molecular weight excluding hydrogens is 430 g/mol. The predicted octanol–water partition coefficient (Wildman–Crippen LogP) is 6.34. The molecule has 35 heavy (non-hydrogen) atoms. The summed E-state index contributed by atoms with van der Waals surface area (Å²) in [5, 5.41) is 14.5. The van der Waals surface area contributed by atoms with Crippen molar-refractivity contribution < 1.29 is 9.84 Å². The van der Waals surface area contributed by atoms with Crippen LogP contribution in [0.2, 0.25) is 0 Å². The fraction of sp³-hybridized carbons (Fsp3) is 0.812. The smallest absolute Gasteiger partial charge is 0.0703 e. The minimum absolute atomic E-state index is 0.0974. The van der Waals surface area contributed by atoms with E-state index < -0.39 is 0 Å². The van der Waals surface area contributed by atoms with Gasteiger partial charge in [-0.3, -0.25) is 0 Å². The fourth-order valence-corrected chi connectivity index (χ4v) is 11.4. The molecule has 0 bridgehead atoms. The average molecular weight is 478 g/mol. The molecule has 7 rings (SSSR count). The molecule has 8 unspecified atom stereocenters. The minimum atomic E-state index is -0.101. The third-order valence-corrected chi connectivity index (χ3v) is 13.2. The zero-order valence-electron chi connectivity index (χ0n) is 22.3. The lowest BCUT2D eigenvalue weighted by Gasteiger charge is -2.59. The van der Waals surface area contributed by atoms with Gasteiger partial charge in [-0.05, 0) is 115 Å². The summed E-state index contributed by atoms with van der Waals surface area (Å²) in [5.41, 5.74) is 3.10. The summed E-state index contributed by atoms with van der Waals surface area (Å²) in [6, 6.07) is 10.8. The molecule has 2 spiro atoms. The first kappa shape index (κ1) is 23.2. The van der Waals surface area contributed by atoms with Crippen LogP contribution in [0.4, 0.5) is 0 Å². The SMILES string of the molecule is CC12CCC34C[C@@]35CC[C@H](O)C(C)(C)C5CCC4C1CC1OC(CNCc3ccccc3)CCC12. The van der Waals surface area contributed by atoms with E-state index in [2.05, 4.69) is 56.4 Å². The standard InChI is InChI=1S/C32H47NO2/c1-29(2)27-12-11-23-25-17-26-24(10-9-22(35-26)19-33-18-21-7-5-4-6-8-21)30(25,3)15-16-31(23)20-32(27,31)14-13-28(29)34/h4-8,22-28,33-34H,9-20H2,1-3H3/t22?,23?,24?,25?,26?,27?,28-,30?,31?,32+/m0/s1. The molecule has 5 aliphatic carbocycles. The second kappa shape index (κ2) is 7.81.